The van der Waals surface area contributed by atoms with Gasteiger partial charge in [-0.05, 0) is 37.8 Å². The topological polar surface area (TPSA) is 63.5 Å². The van der Waals surface area contributed by atoms with Gasteiger partial charge >= 0.3 is 6.03 Å². The molecule has 0 saturated heterocycles. The normalized spacial score (nSPS) is 23.6. The molecule has 0 bridgehead atoms. The van der Waals surface area contributed by atoms with E-state index in [9.17, 15) is 4.79 Å². The van der Waals surface area contributed by atoms with Crippen LogP contribution >= 0.6 is 0 Å². The molecule has 0 aliphatic heterocycles. The lowest BCUT2D eigenvalue weighted by atomic mass is 10.1. The van der Waals surface area contributed by atoms with Crippen LogP contribution in [0.1, 0.15) is 43.7 Å². The van der Waals surface area contributed by atoms with Crippen LogP contribution in [0.25, 0.3) is 0 Å². The van der Waals surface area contributed by atoms with Gasteiger partial charge in [0.05, 0.1) is 6.61 Å². The molecule has 2 rings (SSSR count). The Balaban J connectivity index is 1.92. The van der Waals surface area contributed by atoms with Gasteiger partial charge in [-0.1, -0.05) is 13.3 Å². The van der Waals surface area contributed by atoms with Crippen LogP contribution in [0, 0.1) is 12.8 Å². The van der Waals surface area contributed by atoms with Crippen LogP contribution in [0.4, 0.5) is 4.79 Å². The van der Waals surface area contributed by atoms with Crippen molar-refractivity contribution in [3.05, 3.63) is 23.7 Å². The van der Waals surface area contributed by atoms with Crippen molar-refractivity contribution in [1.29, 1.82) is 0 Å². The van der Waals surface area contributed by atoms with Crippen molar-refractivity contribution < 1.29 is 13.9 Å². The number of furan rings is 1. The summed E-state index contributed by atoms with van der Waals surface area (Å²) in [6.45, 7) is 4.45. The highest BCUT2D eigenvalue weighted by molar-refractivity contribution is 5.74. The lowest BCUT2D eigenvalue weighted by Gasteiger charge is -2.21. The molecule has 0 unspecified atom stereocenters. The highest BCUT2D eigenvalue weighted by Crippen LogP contribution is 2.24. The Labute approximate surface area is 120 Å². The third kappa shape index (κ3) is 3.76. The second-order valence-corrected chi connectivity index (χ2v) is 5.59. The molecule has 5 nitrogen and oxygen atoms in total. The van der Waals surface area contributed by atoms with Crippen molar-refractivity contribution in [1.82, 2.24) is 10.6 Å². The number of rotatable bonds is 5. The van der Waals surface area contributed by atoms with Crippen molar-refractivity contribution in [2.24, 2.45) is 5.92 Å². The van der Waals surface area contributed by atoms with Crippen LogP contribution in [-0.2, 0) is 4.74 Å². The number of hydrogen-bond donors (Lipinski definition) is 2. The lowest BCUT2D eigenvalue weighted by molar-refractivity contribution is 0.155. The lowest BCUT2D eigenvalue weighted by Crippen LogP contribution is -2.45. The summed E-state index contributed by atoms with van der Waals surface area (Å²) in [6, 6.07) is 3.62. The fraction of sp³-hybridized carbons (Fsp3) is 0.667. The average molecular weight is 280 g/mol. The minimum Gasteiger partial charge on any atom is -0.464 e. The molecule has 1 aromatic heterocycles. The molecule has 3 atom stereocenters. The summed E-state index contributed by atoms with van der Waals surface area (Å²) in [6.07, 6.45) is 3.43. The summed E-state index contributed by atoms with van der Waals surface area (Å²) < 4.78 is 10.7. The molecule has 1 aromatic rings. The maximum Gasteiger partial charge on any atom is 0.315 e. The van der Waals surface area contributed by atoms with Gasteiger partial charge in [0, 0.05) is 13.2 Å². The minimum absolute atomic E-state index is 0.153. The van der Waals surface area contributed by atoms with E-state index in [4.69, 9.17) is 9.15 Å². The number of carbonyl (C=O) groups is 1. The van der Waals surface area contributed by atoms with Crippen LogP contribution in [0.2, 0.25) is 0 Å². The summed E-state index contributed by atoms with van der Waals surface area (Å²) in [7, 11) is 1.61. The van der Waals surface area contributed by atoms with Gasteiger partial charge in [-0.2, -0.15) is 0 Å². The molecular weight excluding hydrogens is 256 g/mol. The highest BCUT2D eigenvalue weighted by Gasteiger charge is 2.26. The predicted molar refractivity (Wildman–Crippen MR) is 76.5 cm³/mol. The summed E-state index contributed by atoms with van der Waals surface area (Å²) in [5, 5.41) is 5.97. The van der Waals surface area contributed by atoms with Crippen molar-refractivity contribution in [3.8, 4) is 0 Å². The third-order valence-corrected chi connectivity index (χ3v) is 3.92. The van der Waals surface area contributed by atoms with Gasteiger partial charge in [0.15, 0.2) is 0 Å². The van der Waals surface area contributed by atoms with E-state index in [1.165, 1.54) is 12.8 Å². The Morgan fingerprint density at radius 3 is 2.85 bits per heavy atom. The Kier molecular flexibility index (Phi) is 5.06. The zero-order chi connectivity index (χ0) is 14.5. The quantitative estimate of drug-likeness (QED) is 0.871. The van der Waals surface area contributed by atoms with Gasteiger partial charge in [0.2, 0.25) is 0 Å². The Hall–Kier alpha value is -1.49. The first kappa shape index (κ1) is 14.9. The average Bonchev–Trinajstić information content (AvgIpc) is 2.99. The summed E-state index contributed by atoms with van der Waals surface area (Å²) in [4.78, 5) is 12.1. The number of ether oxygens (including phenoxy) is 1. The first-order valence-electron chi connectivity index (χ1n) is 7.22. The van der Waals surface area contributed by atoms with Crippen molar-refractivity contribution in [3.63, 3.8) is 0 Å². The second-order valence-electron chi connectivity index (χ2n) is 5.59. The summed E-state index contributed by atoms with van der Waals surface area (Å²) in [5.74, 6) is 2.10. The Morgan fingerprint density at radius 2 is 2.30 bits per heavy atom. The van der Waals surface area contributed by atoms with Gasteiger partial charge in [-0.25, -0.2) is 4.79 Å². The molecule has 20 heavy (non-hydrogen) atoms. The number of hydrogen-bond acceptors (Lipinski definition) is 3. The Bertz CT molecular complexity index is 444. The fourth-order valence-corrected chi connectivity index (χ4v) is 2.73. The van der Waals surface area contributed by atoms with Gasteiger partial charge in [-0.15, -0.1) is 0 Å². The predicted octanol–water partition coefficient (Wildman–Crippen LogP) is 2.76. The minimum atomic E-state index is -0.259. The van der Waals surface area contributed by atoms with Crippen LogP contribution in [0.5, 0.6) is 0 Å². The summed E-state index contributed by atoms with van der Waals surface area (Å²) >= 11 is 0. The standard InChI is InChI=1S/C15H24N2O3/c1-10-5-4-6-12(10)16-15(18)17-13(9-19-3)14-8-7-11(2)20-14/h7-8,10,12-13H,4-6,9H2,1-3H3,(H2,16,17,18)/t10-,12-,13-/m0/s1. The van der Waals surface area contributed by atoms with E-state index in [1.807, 2.05) is 19.1 Å². The molecule has 2 amide bonds. The summed E-state index contributed by atoms with van der Waals surface area (Å²) in [5.41, 5.74) is 0. The first-order valence-corrected chi connectivity index (χ1v) is 7.22. The molecule has 112 valence electrons. The van der Waals surface area contributed by atoms with Crippen LogP contribution < -0.4 is 10.6 Å². The van der Waals surface area contributed by atoms with Gasteiger partial charge in [0.1, 0.15) is 17.6 Å². The number of nitrogens with one attached hydrogen (secondary N) is 2. The molecule has 0 aromatic carbocycles. The monoisotopic (exact) mass is 280 g/mol. The SMILES string of the molecule is COC[C@H](NC(=O)N[C@H]1CCC[C@@H]1C)c1ccc(C)o1. The van der Waals surface area contributed by atoms with E-state index in [0.717, 1.165) is 17.9 Å². The number of amides is 2. The van der Waals surface area contributed by atoms with E-state index >= 15 is 0 Å². The second kappa shape index (κ2) is 6.79. The zero-order valence-corrected chi connectivity index (χ0v) is 12.4. The first-order chi connectivity index (χ1) is 9.60. The zero-order valence-electron chi connectivity index (χ0n) is 12.4. The van der Waals surface area contributed by atoms with E-state index < -0.39 is 0 Å². The van der Waals surface area contributed by atoms with Crippen molar-refractivity contribution in [2.45, 2.75) is 45.2 Å². The van der Waals surface area contributed by atoms with Crippen molar-refractivity contribution >= 4 is 6.03 Å². The maximum absolute atomic E-state index is 12.1. The van der Waals surface area contributed by atoms with Crippen LogP contribution in [0.15, 0.2) is 16.5 Å². The molecule has 1 aliphatic rings. The molecule has 1 fully saturated rings. The Morgan fingerprint density at radius 1 is 1.50 bits per heavy atom. The molecule has 1 aliphatic carbocycles. The molecule has 0 radical (unpaired) electrons. The molecule has 0 spiro atoms. The fourth-order valence-electron chi connectivity index (χ4n) is 2.73. The van der Waals surface area contributed by atoms with Gasteiger partial charge in [0.25, 0.3) is 0 Å². The number of carbonyl (C=O) groups excluding carboxylic acids is 1. The number of aryl methyl sites for hydroxylation is 1. The molecule has 1 heterocycles. The smallest absolute Gasteiger partial charge is 0.315 e. The number of methoxy groups -OCH3 is 1. The van der Waals surface area contributed by atoms with E-state index in [0.29, 0.717) is 12.5 Å². The van der Waals surface area contributed by atoms with Gasteiger partial charge in [-0.3, -0.25) is 0 Å². The van der Waals surface area contributed by atoms with E-state index in [-0.39, 0.29) is 18.1 Å². The van der Waals surface area contributed by atoms with E-state index in [2.05, 4.69) is 17.6 Å². The highest BCUT2D eigenvalue weighted by atomic mass is 16.5. The molecule has 5 heteroatoms. The largest absolute Gasteiger partial charge is 0.464 e. The molecular formula is C15H24N2O3. The third-order valence-electron chi connectivity index (χ3n) is 3.92. The molecule has 1 saturated carbocycles. The van der Waals surface area contributed by atoms with Crippen LogP contribution in [0.3, 0.4) is 0 Å². The van der Waals surface area contributed by atoms with Crippen molar-refractivity contribution in [2.75, 3.05) is 13.7 Å². The number of urea groups is 1. The maximum atomic E-state index is 12.1. The van der Waals surface area contributed by atoms with Crippen LogP contribution in [-0.4, -0.2) is 25.8 Å². The van der Waals surface area contributed by atoms with E-state index in [1.54, 1.807) is 7.11 Å². The van der Waals surface area contributed by atoms with Gasteiger partial charge < -0.3 is 19.8 Å². The molecule has 2 N–H and O–H groups in total.